The van der Waals surface area contributed by atoms with Gasteiger partial charge in [0.25, 0.3) is 10.1 Å². The first-order valence-corrected chi connectivity index (χ1v) is 14.3. The van der Waals surface area contributed by atoms with Crippen LogP contribution < -0.4 is 0 Å². The van der Waals surface area contributed by atoms with Gasteiger partial charge in [0.15, 0.2) is 0 Å². The van der Waals surface area contributed by atoms with Crippen LogP contribution in [-0.2, 0) is 14.9 Å². The minimum Gasteiger partial charge on any atom is -0.341 e. The van der Waals surface area contributed by atoms with Gasteiger partial charge in [0, 0.05) is 13.6 Å². The average Bonchev–Trinajstić information content (AvgIpc) is 2.72. The van der Waals surface area contributed by atoms with E-state index in [9.17, 15) is 13.2 Å². The number of rotatable bonds is 22. The predicted octanol–water partition coefficient (Wildman–Crippen LogP) is 6.93. The van der Waals surface area contributed by atoms with E-state index in [1.807, 2.05) is 6.08 Å². The van der Waals surface area contributed by atoms with Gasteiger partial charge in [0.1, 0.15) is 0 Å². The van der Waals surface area contributed by atoms with E-state index in [4.69, 9.17) is 4.55 Å². The number of carbonyl (C=O) groups is 1. The Bertz CT molecular complexity index is 546. The van der Waals surface area contributed by atoms with E-state index in [0.717, 1.165) is 12.8 Å². The van der Waals surface area contributed by atoms with Crippen LogP contribution in [0.2, 0.25) is 0 Å². The maximum atomic E-state index is 11.8. The average molecular weight is 460 g/mol. The lowest BCUT2D eigenvalue weighted by molar-refractivity contribution is -0.124. The maximum Gasteiger partial charge on any atom is 0.266 e. The molecule has 1 amide bonds. The first-order valence-electron chi connectivity index (χ1n) is 12.7. The maximum absolute atomic E-state index is 11.8. The second-order valence-corrected chi connectivity index (χ2v) is 10.5. The van der Waals surface area contributed by atoms with Gasteiger partial charge in [-0.2, -0.15) is 8.42 Å². The number of hydrogen-bond acceptors (Lipinski definition) is 3. The lowest BCUT2D eigenvalue weighted by Crippen LogP contribution is -2.30. The highest BCUT2D eigenvalue weighted by atomic mass is 32.2. The van der Waals surface area contributed by atoms with Crippen molar-refractivity contribution in [2.24, 2.45) is 0 Å². The number of allylic oxidation sites excluding steroid dienone is 1. The van der Waals surface area contributed by atoms with Crippen LogP contribution in [0.5, 0.6) is 0 Å². The highest BCUT2D eigenvalue weighted by Crippen LogP contribution is 2.14. The van der Waals surface area contributed by atoms with Crippen LogP contribution in [0.25, 0.3) is 0 Å². The van der Waals surface area contributed by atoms with Gasteiger partial charge < -0.3 is 4.90 Å². The first kappa shape index (κ1) is 30.1. The molecule has 5 nitrogen and oxygen atoms in total. The summed E-state index contributed by atoms with van der Waals surface area (Å²) in [6.07, 6.45) is 27.2. The van der Waals surface area contributed by atoms with Gasteiger partial charge in [-0.1, -0.05) is 116 Å². The molecule has 0 unspecified atom stereocenters. The zero-order chi connectivity index (χ0) is 23.2. The summed E-state index contributed by atoms with van der Waals surface area (Å²) in [5.74, 6) is -0.655. The third kappa shape index (κ3) is 23.6. The standard InChI is InChI=1S/C25H49NO4S/c1-3-4-5-6-7-8-9-10-11-12-13-14-15-16-17-18-19-20-21-22-25(27)26(2)23-24-31(28,29)30/h21-22H,3-20,23-24H2,1-2H3,(H,28,29,30)/b22-21+. The van der Waals surface area contributed by atoms with Crippen LogP contribution in [0.3, 0.4) is 0 Å². The Morgan fingerprint density at radius 1 is 0.742 bits per heavy atom. The first-order chi connectivity index (χ1) is 14.9. The van der Waals surface area contributed by atoms with E-state index in [1.165, 1.54) is 121 Å². The lowest BCUT2D eigenvalue weighted by Gasteiger charge is -2.13. The minimum absolute atomic E-state index is 0.00112. The number of carbonyl (C=O) groups excluding carboxylic acids is 1. The molecule has 1 N–H and O–H groups in total. The van der Waals surface area contributed by atoms with Gasteiger partial charge >= 0.3 is 0 Å². The Morgan fingerprint density at radius 3 is 1.52 bits per heavy atom. The number of likely N-dealkylation sites (N-methyl/N-ethyl adjacent to an activating group) is 1. The normalized spacial score (nSPS) is 12.0. The summed E-state index contributed by atoms with van der Waals surface area (Å²) in [4.78, 5) is 13.1. The number of amides is 1. The molecule has 0 aromatic rings. The van der Waals surface area contributed by atoms with Crippen LogP contribution in [0, 0.1) is 0 Å². The molecule has 0 fully saturated rings. The van der Waals surface area contributed by atoms with E-state index < -0.39 is 15.9 Å². The molecule has 0 radical (unpaired) electrons. The third-order valence-corrected chi connectivity index (χ3v) is 6.49. The molecule has 0 rings (SSSR count). The fraction of sp³-hybridized carbons (Fsp3) is 0.880. The van der Waals surface area contributed by atoms with Crippen molar-refractivity contribution < 1.29 is 17.8 Å². The molecule has 184 valence electrons. The van der Waals surface area contributed by atoms with Crippen LogP contribution >= 0.6 is 0 Å². The molecule has 0 saturated heterocycles. The molecular weight excluding hydrogens is 410 g/mol. The molecule has 0 atom stereocenters. The quantitative estimate of drug-likeness (QED) is 0.108. The second kappa shape index (κ2) is 21.0. The molecule has 0 spiro atoms. The minimum atomic E-state index is -4.03. The van der Waals surface area contributed by atoms with Crippen molar-refractivity contribution in [2.75, 3.05) is 19.3 Å². The Labute approximate surface area is 192 Å². The van der Waals surface area contributed by atoms with Crippen molar-refractivity contribution in [3.05, 3.63) is 12.2 Å². The number of nitrogens with zero attached hydrogens (tertiary/aromatic N) is 1. The van der Waals surface area contributed by atoms with Gasteiger partial charge in [0.05, 0.1) is 5.75 Å². The van der Waals surface area contributed by atoms with Crippen molar-refractivity contribution in [3.63, 3.8) is 0 Å². The van der Waals surface area contributed by atoms with E-state index in [0.29, 0.717) is 0 Å². The Morgan fingerprint density at radius 2 is 1.13 bits per heavy atom. The topological polar surface area (TPSA) is 74.7 Å². The summed E-state index contributed by atoms with van der Waals surface area (Å²) < 4.78 is 30.1. The predicted molar refractivity (Wildman–Crippen MR) is 132 cm³/mol. The molecule has 6 heteroatoms. The highest BCUT2D eigenvalue weighted by Gasteiger charge is 2.10. The Balaban J connectivity index is 3.34. The monoisotopic (exact) mass is 459 g/mol. The van der Waals surface area contributed by atoms with E-state index in [-0.39, 0.29) is 12.5 Å². The van der Waals surface area contributed by atoms with Crippen LogP contribution in [-0.4, -0.2) is 43.1 Å². The van der Waals surface area contributed by atoms with E-state index >= 15 is 0 Å². The molecule has 0 heterocycles. The second-order valence-electron chi connectivity index (χ2n) is 8.89. The SMILES string of the molecule is CCCCCCCCCCCCCCCCCCC/C=C/C(=O)N(C)CCS(=O)(=O)O. The summed E-state index contributed by atoms with van der Waals surface area (Å²) in [7, 11) is -2.49. The Hall–Kier alpha value is -0.880. The number of hydrogen-bond donors (Lipinski definition) is 1. The summed E-state index contributed by atoms with van der Waals surface area (Å²) in [6, 6.07) is 0. The molecular formula is C25H49NO4S. The molecule has 0 aliphatic rings. The van der Waals surface area contributed by atoms with Gasteiger partial charge in [-0.15, -0.1) is 0 Å². The van der Waals surface area contributed by atoms with Gasteiger partial charge in [-0.3, -0.25) is 9.35 Å². The molecule has 0 aliphatic carbocycles. The lowest BCUT2D eigenvalue weighted by atomic mass is 10.0. The van der Waals surface area contributed by atoms with Crippen molar-refractivity contribution in [3.8, 4) is 0 Å². The van der Waals surface area contributed by atoms with Gasteiger partial charge in [0.2, 0.25) is 5.91 Å². The van der Waals surface area contributed by atoms with E-state index in [1.54, 1.807) is 0 Å². The van der Waals surface area contributed by atoms with Gasteiger partial charge in [-0.25, -0.2) is 0 Å². The molecule has 31 heavy (non-hydrogen) atoms. The molecule has 0 saturated carbocycles. The molecule has 0 aliphatic heterocycles. The van der Waals surface area contributed by atoms with Crippen molar-refractivity contribution in [1.29, 1.82) is 0 Å². The van der Waals surface area contributed by atoms with Crippen LogP contribution in [0.15, 0.2) is 12.2 Å². The molecule has 0 bridgehead atoms. The fourth-order valence-electron chi connectivity index (χ4n) is 3.66. The van der Waals surface area contributed by atoms with Crippen LogP contribution in [0.4, 0.5) is 0 Å². The van der Waals surface area contributed by atoms with Crippen LogP contribution in [0.1, 0.15) is 122 Å². The van der Waals surface area contributed by atoms with Gasteiger partial charge in [-0.05, 0) is 18.9 Å². The summed E-state index contributed by atoms with van der Waals surface area (Å²) in [5, 5.41) is 0. The zero-order valence-corrected chi connectivity index (χ0v) is 21.1. The van der Waals surface area contributed by atoms with Crippen molar-refractivity contribution >= 4 is 16.0 Å². The van der Waals surface area contributed by atoms with Crippen molar-refractivity contribution in [2.45, 2.75) is 122 Å². The fourth-order valence-corrected chi connectivity index (χ4v) is 4.17. The number of unbranched alkanes of at least 4 members (excludes halogenated alkanes) is 17. The summed E-state index contributed by atoms with van der Waals surface area (Å²) in [5.41, 5.74) is 0. The highest BCUT2D eigenvalue weighted by molar-refractivity contribution is 7.85. The smallest absolute Gasteiger partial charge is 0.266 e. The van der Waals surface area contributed by atoms with Crippen molar-refractivity contribution in [1.82, 2.24) is 4.90 Å². The zero-order valence-electron chi connectivity index (χ0n) is 20.3. The Kier molecular flexibility index (Phi) is 20.4. The third-order valence-electron chi connectivity index (χ3n) is 5.80. The summed E-state index contributed by atoms with van der Waals surface area (Å²) >= 11 is 0. The molecule has 0 aromatic heterocycles. The summed E-state index contributed by atoms with van der Waals surface area (Å²) in [6.45, 7) is 2.27. The largest absolute Gasteiger partial charge is 0.341 e. The van der Waals surface area contributed by atoms with E-state index in [2.05, 4.69) is 6.92 Å². The molecule has 0 aromatic carbocycles.